The molecule has 0 saturated carbocycles. The lowest BCUT2D eigenvalue weighted by Gasteiger charge is -2.08. The van der Waals surface area contributed by atoms with E-state index < -0.39 is 5.97 Å². The van der Waals surface area contributed by atoms with Gasteiger partial charge in [-0.1, -0.05) is 0 Å². The molecule has 6 nitrogen and oxygen atoms in total. The van der Waals surface area contributed by atoms with Crippen molar-refractivity contribution in [1.82, 2.24) is 4.98 Å². The van der Waals surface area contributed by atoms with E-state index in [9.17, 15) is 9.59 Å². The van der Waals surface area contributed by atoms with Crippen LogP contribution in [0.25, 0.3) is 0 Å². The highest BCUT2D eigenvalue weighted by atomic mass is 16.5. The summed E-state index contributed by atoms with van der Waals surface area (Å²) < 4.78 is 10.3. The highest BCUT2D eigenvalue weighted by molar-refractivity contribution is 6.06. The summed E-state index contributed by atoms with van der Waals surface area (Å²) in [5.74, 6) is -0.0391. The van der Waals surface area contributed by atoms with Gasteiger partial charge >= 0.3 is 5.97 Å². The predicted octanol–water partition coefficient (Wildman–Crippen LogP) is 3.46. The fourth-order valence-electron chi connectivity index (χ4n) is 2.42. The van der Waals surface area contributed by atoms with Crippen LogP contribution in [0.2, 0.25) is 0 Å². The number of aromatic amines is 1. The van der Waals surface area contributed by atoms with Crippen molar-refractivity contribution < 1.29 is 19.1 Å². The van der Waals surface area contributed by atoms with Gasteiger partial charge in [-0.05, 0) is 57.5 Å². The van der Waals surface area contributed by atoms with Crippen LogP contribution in [0.1, 0.15) is 46.0 Å². The van der Waals surface area contributed by atoms with Crippen molar-refractivity contribution in [1.29, 1.82) is 0 Å². The normalized spacial score (nSPS) is 10.6. The molecule has 0 unspecified atom stereocenters. The molecule has 2 aromatic rings. The van der Waals surface area contributed by atoms with E-state index in [-0.39, 0.29) is 12.0 Å². The number of anilines is 1. The maximum atomic E-state index is 12.5. The highest BCUT2D eigenvalue weighted by Crippen LogP contribution is 2.21. The van der Waals surface area contributed by atoms with Gasteiger partial charge in [-0.25, -0.2) is 4.79 Å². The fraction of sp³-hybridized carbons (Fsp3) is 0.333. The monoisotopic (exact) mass is 330 g/mol. The van der Waals surface area contributed by atoms with Gasteiger partial charge in [0.1, 0.15) is 11.4 Å². The van der Waals surface area contributed by atoms with Crippen LogP contribution in [0.4, 0.5) is 5.69 Å². The number of H-pyrrole nitrogens is 1. The molecule has 0 spiro atoms. The second-order valence-electron chi connectivity index (χ2n) is 5.76. The number of carbonyl (C=O) groups excluding carboxylic acids is 2. The molecule has 1 heterocycles. The van der Waals surface area contributed by atoms with Gasteiger partial charge < -0.3 is 19.8 Å². The minimum Gasteiger partial charge on any atom is -0.497 e. The molecule has 1 amide bonds. The van der Waals surface area contributed by atoms with Crippen molar-refractivity contribution in [3.63, 3.8) is 0 Å². The molecular weight excluding hydrogens is 308 g/mol. The van der Waals surface area contributed by atoms with E-state index in [0.29, 0.717) is 34.0 Å². The van der Waals surface area contributed by atoms with Crippen LogP contribution >= 0.6 is 0 Å². The van der Waals surface area contributed by atoms with Gasteiger partial charge in [-0.3, -0.25) is 4.79 Å². The number of hydrogen-bond acceptors (Lipinski definition) is 4. The molecule has 128 valence electrons. The summed E-state index contributed by atoms with van der Waals surface area (Å²) >= 11 is 0. The van der Waals surface area contributed by atoms with Crippen molar-refractivity contribution >= 4 is 17.6 Å². The molecular formula is C18H22N2O4. The Morgan fingerprint density at radius 2 is 1.75 bits per heavy atom. The summed E-state index contributed by atoms with van der Waals surface area (Å²) in [6, 6.07) is 7.01. The van der Waals surface area contributed by atoms with Gasteiger partial charge in [0.2, 0.25) is 0 Å². The molecule has 0 aliphatic heterocycles. The number of aromatic nitrogens is 1. The largest absolute Gasteiger partial charge is 0.497 e. The number of methoxy groups -OCH3 is 1. The van der Waals surface area contributed by atoms with E-state index in [1.54, 1.807) is 59.1 Å². The Balaban J connectivity index is 2.22. The first-order chi connectivity index (χ1) is 11.3. The van der Waals surface area contributed by atoms with Crippen molar-refractivity contribution in [2.45, 2.75) is 33.8 Å². The summed E-state index contributed by atoms with van der Waals surface area (Å²) in [5.41, 5.74) is 2.57. The summed E-state index contributed by atoms with van der Waals surface area (Å²) in [6.45, 7) is 7.04. The van der Waals surface area contributed by atoms with Gasteiger partial charge in [0.05, 0.1) is 18.8 Å². The molecule has 0 aliphatic rings. The van der Waals surface area contributed by atoms with Crippen LogP contribution in [0.3, 0.4) is 0 Å². The number of aryl methyl sites for hydroxylation is 1. The topological polar surface area (TPSA) is 80.4 Å². The summed E-state index contributed by atoms with van der Waals surface area (Å²) in [5, 5.41) is 2.79. The fourth-order valence-corrected chi connectivity index (χ4v) is 2.42. The Bertz CT molecular complexity index is 745. The summed E-state index contributed by atoms with van der Waals surface area (Å²) in [7, 11) is 1.58. The molecule has 0 fully saturated rings. The number of hydrogen-bond donors (Lipinski definition) is 2. The average molecular weight is 330 g/mol. The number of carbonyl (C=O) groups is 2. The summed E-state index contributed by atoms with van der Waals surface area (Å²) in [6.07, 6.45) is -0.220. The van der Waals surface area contributed by atoms with Crippen LogP contribution in [-0.4, -0.2) is 30.1 Å². The maximum absolute atomic E-state index is 12.5. The van der Waals surface area contributed by atoms with E-state index in [1.807, 2.05) is 0 Å². The molecule has 2 rings (SSSR count). The second-order valence-corrected chi connectivity index (χ2v) is 5.76. The first-order valence-corrected chi connectivity index (χ1v) is 7.69. The smallest absolute Gasteiger partial charge is 0.340 e. The SMILES string of the molecule is COc1ccc(NC(=O)c2[nH]c(C)c(C(=O)OC(C)C)c2C)cc1. The molecule has 1 aromatic carbocycles. The Labute approximate surface area is 141 Å². The quantitative estimate of drug-likeness (QED) is 0.823. The van der Waals surface area contributed by atoms with Gasteiger partial charge in [0.25, 0.3) is 5.91 Å². The Morgan fingerprint density at radius 1 is 1.12 bits per heavy atom. The predicted molar refractivity (Wildman–Crippen MR) is 91.8 cm³/mol. The number of nitrogens with one attached hydrogen (secondary N) is 2. The van der Waals surface area contributed by atoms with Crippen LogP contribution in [0.15, 0.2) is 24.3 Å². The van der Waals surface area contributed by atoms with Gasteiger partial charge in [-0.15, -0.1) is 0 Å². The maximum Gasteiger partial charge on any atom is 0.340 e. The molecule has 0 bridgehead atoms. The van der Waals surface area contributed by atoms with E-state index in [4.69, 9.17) is 9.47 Å². The molecule has 1 aromatic heterocycles. The van der Waals surface area contributed by atoms with Crippen LogP contribution < -0.4 is 10.1 Å². The third-order valence-corrected chi connectivity index (χ3v) is 3.56. The molecule has 0 aliphatic carbocycles. The lowest BCUT2D eigenvalue weighted by atomic mass is 10.1. The van der Waals surface area contributed by atoms with Gasteiger partial charge in [0.15, 0.2) is 0 Å². The number of esters is 1. The van der Waals surface area contributed by atoms with Crippen molar-refractivity contribution in [2.75, 3.05) is 12.4 Å². The lowest BCUT2D eigenvalue weighted by molar-refractivity contribution is 0.0376. The van der Waals surface area contributed by atoms with Crippen LogP contribution in [0, 0.1) is 13.8 Å². The Hall–Kier alpha value is -2.76. The van der Waals surface area contributed by atoms with Crippen LogP contribution in [0.5, 0.6) is 5.75 Å². The zero-order chi connectivity index (χ0) is 17.9. The second kappa shape index (κ2) is 7.21. The molecule has 0 radical (unpaired) electrons. The summed E-state index contributed by atoms with van der Waals surface area (Å²) in [4.78, 5) is 27.6. The lowest BCUT2D eigenvalue weighted by Crippen LogP contribution is -2.15. The number of benzene rings is 1. The standard InChI is InChI=1S/C18H22N2O4/c1-10(2)24-18(22)15-11(3)16(19-12(15)4)17(21)20-13-6-8-14(23-5)9-7-13/h6-10,19H,1-5H3,(H,20,21). The molecule has 0 atom stereocenters. The van der Waals surface area contributed by atoms with Crippen molar-refractivity contribution in [3.8, 4) is 5.75 Å². The van der Waals surface area contributed by atoms with E-state index in [2.05, 4.69) is 10.3 Å². The molecule has 6 heteroatoms. The van der Waals surface area contributed by atoms with E-state index in [1.165, 1.54) is 0 Å². The van der Waals surface area contributed by atoms with Crippen molar-refractivity contribution in [3.05, 3.63) is 46.8 Å². The highest BCUT2D eigenvalue weighted by Gasteiger charge is 2.23. The molecule has 0 saturated heterocycles. The minimum atomic E-state index is -0.431. The Kier molecular flexibility index (Phi) is 5.28. The van der Waals surface area contributed by atoms with Crippen LogP contribution in [-0.2, 0) is 4.74 Å². The molecule has 24 heavy (non-hydrogen) atoms. The number of rotatable bonds is 5. The van der Waals surface area contributed by atoms with Gasteiger partial charge in [0, 0.05) is 11.4 Å². The average Bonchev–Trinajstić information content (AvgIpc) is 2.82. The minimum absolute atomic E-state index is 0.220. The number of ether oxygens (including phenoxy) is 2. The Morgan fingerprint density at radius 3 is 2.29 bits per heavy atom. The third kappa shape index (κ3) is 3.76. The van der Waals surface area contributed by atoms with E-state index in [0.717, 1.165) is 0 Å². The first-order valence-electron chi connectivity index (χ1n) is 7.69. The number of amides is 1. The zero-order valence-electron chi connectivity index (χ0n) is 14.5. The molecule has 2 N–H and O–H groups in total. The van der Waals surface area contributed by atoms with Gasteiger partial charge in [-0.2, -0.15) is 0 Å². The third-order valence-electron chi connectivity index (χ3n) is 3.56. The first kappa shape index (κ1) is 17.6. The van der Waals surface area contributed by atoms with Crippen molar-refractivity contribution in [2.24, 2.45) is 0 Å². The van der Waals surface area contributed by atoms with E-state index >= 15 is 0 Å². The zero-order valence-corrected chi connectivity index (χ0v) is 14.5.